The van der Waals surface area contributed by atoms with Gasteiger partial charge >= 0.3 is 0 Å². The Bertz CT molecular complexity index is 167. The molecule has 3 nitrogen and oxygen atoms in total. The van der Waals surface area contributed by atoms with Gasteiger partial charge in [0.15, 0.2) is 0 Å². The highest BCUT2D eigenvalue weighted by Crippen LogP contribution is 2.20. The highest BCUT2D eigenvalue weighted by molar-refractivity contribution is 5.83. The minimum atomic E-state index is -0.220. The lowest BCUT2D eigenvalue weighted by Gasteiger charge is -2.10. The second kappa shape index (κ2) is 3.51. The van der Waals surface area contributed by atoms with E-state index in [1.54, 1.807) is 0 Å². The van der Waals surface area contributed by atoms with Gasteiger partial charge in [-0.25, -0.2) is 0 Å². The monoisotopic (exact) mass is 155 g/mol. The van der Waals surface area contributed by atoms with Crippen molar-refractivity contribution in [1.82, 2.24) is 5.32 Å². The molecule has 1 N–H and O–H groups in total. The van der Waals surface area contributed by atoms with Crippen LogP contribution in [-0.2, 0) is 9.59 Å². The Kier molecular flexibility index (Phi) is 2.63. The maximum atomic E-state index is 10.8. The van der Waals surface area contributed by atoms with Gasteiger partial charge in [0.2, 0.25) is 5.91 Å². The minimum Gasteiger partial charge on any atom is -0.346 e. The fourth-order valence-corrected chi connectivity index (χ4v) is 1.53. The van der Waals surface area contributed by atoms with Crippen LogP contribution in [0.5, 0.6) is 0 Å². The third kappa shape index (κ3) is 1.79. The maximum Gasteiger partial charge on any atom is 0.220 e. The number of hydrogen-bond acceptors (Lipinski definition) is 2. The Labute approximate surface area is 66.2 Å². The van der Waals surface area contributed by atoms with E-state index in [9.17, 15) is 9.59 Å². The SMILES string of the molecule is CCCC1CC(=O)N[C@H]1C=O. The average Bonchev–Trinajstić information content (AvgIpc) is 2.32. The summed E-state index contributed by atoms with van der Waals surface area (Å²) in [5, 5.41) is 2.63. The number of hydrogen-bond donors (Lipinski definition) is 1. The predicted octanol–water partition coefficient (Wildman–Crippen LogP) is 0.490. The first-order valence-electron chi connectivity index (χ1n) is 4.02. The van der Waals surface area contributed by atoms with E-state index in [2.05, 4.69) is 12.2 Å². The van der Waals surface area contributed by atoms with Crippen molar-refractivity contribution in [2.75, 3.05) is 0 Å². The molecule has 1 aliphatic rings. The van der Waals surface area contributed by atoms with Crippen molar-refractivity contribution >= 4 is 12.2 Å². The Balaban J connectivity index is 2.49. The van der Waals surface area contributed by atoms with Gasteiger partial charge in [0.25, 0.3) is 0 Å². The van der Waals surface area contributed by atoms with Crippen molar-refractivity contribution in [3.8, 4) is 0 Å². The zero-order valence-electron chi connectivity index (χ0n) is 6.67. The Morgan fingerprint density at radius 1 is 1.73 bits per heavy atom. The molecule has 3 heteroatoms. The smallest absolute Gasteiger partial charge is 0.220 e. The first-order chi connectivity index (χ1) is 5.27. The van der Waals surface area contributed by atoms with Gasteiger partial charge in [-0.3, -0.25) is 4.79 Å². The summed E-state index contributed by atoms with van der Waals surface area (Å²) in [6, 6.07) is -0.220. The Hall–Kier alpha value is -0.860. The van der Waals surface area contributed by atoms with E-state index in [1.165, 1.54) is 0 Å². The Morgan fingerprint density at radius 3 is 3.00 bits per heavy atom. The summed E-state index contributed by atoms with van der Waals surface area (Å²) in [6.45, 7) is 2.06. The van der Waals surface area contributed by atoms with Crippen molar-refractivity contribution in [3.63, 3.8) is 0 Å². The van der Waals surface area contributed by atoms with Crippen molar-refractivity contribution in [2.45, 2.75) is 32.2 Å². The lowest BCUT2D eigenvalue weighted by Crippen LogP contribution is -2.30. The van der Waals surface area contributed by atoms with E-state index < -0.39 is 0 Å². The van der Waals surface area contributed by atoms with Crippen LogP contribution in [0.1, 0.15) is 26.2 Å². The zero-order chi connectivity index (χ0) is 8.27. The molecule has 0 aromatic carbocycles. The van der Waals surface area contributed by atoms with E-state index in [-0.39, 0.29) is 17.9 Å². The maximum absolute atomic E-state index is 10.8. The zero-order valence-corrected chi connectivity index (χ0v) is 6.67. The highest BCUT2D eigenvalue weighted by atomic mass is 16.2. The number of carbonyl (C=O) groups excluding carboxylic acids is 2. The molecule has 1 amide bonds. The minimum absolute atomic E-state index is 0.0144. The van der Waals surface area contributed by atoms with Crippen molar-refractivity contribution in [1.29, 1.82) is 0 Å². The molecule has 1 aliphatic heterocycles. The number of rotatable bonds is 3. The van der Waals surface area contributed by atoms with Gasteiger partial charge in [0.1, 0.15) is 6.29 Å². The summed E-state index contributed by atoms with van der Waals surface area (Å²) in [5.41, 5.74) is 0. The van der Waals surface area contributed by atoms with Gasteiger partial charge in [0, 0.05) is 6.42 Å². The summed E-state index contributed by atoms with van der Waals surface area (Å²) in [7, 11) is 0. The van der Waals surface area contributed by atoms with E-state index in [0.717, 1.165) is 19.1 Å². The standard InChI is InChI=1S/C8H13NO2/c1-2-3-6-4-8(11)9-7(6)5-10/h5-7H,2-4H2,1H3,(H,9,11)/t6?,7-/m0/s1. The summed E-state index contributed by atoms with van der Waals surface area (Å²) in [5.74, 6) is 0.255. The van der Waals surface area contributed by atoms with Crippen LogP contribution in [0.25, 0.3) is 0 Å². The molecule has 1 heterocycles. The molecule has 1 fully saturated rings. The molecule has 1 saturated heterocycles. The number of aldehydes is 1. The van der Waals surface area contributed by atoms with E-state index in [1.807, 2.05) is 0 Å². The van der Waals surface area contributed by atoms with Crippen LogP contribution in [0.3, 0.4) is 0 Å². The largest absolute Gasteiger partial charge is 0.346 e. The molecule has 2 atom stereocenters. The molecule has 1 unspecified atom stereocenters. The quantitative estimate of drug-likeness (QED) is 0.603. The van der Waals surface area contributed by atoms with Gasteiger partial charge in [-0.05, 0) is 12.3 Å². The van der Waals surface area contributed by atoms with Crippen LogP contribution >= 0.6 is 0 Å². The third-order valence-electron chi connectivity index (χ3n) is 2.09. The van der Waals surface area contributed by atoms with Gasteiger partial charge < -0.3 is 10.1 Å². The number of nitrogens with one attached hydrogen (secondary N) is 1. The normalized spacial score (nSPS) is 30.1. The summed E-state index contributed by atoms with van der Waals surface area (Å²) in [4.78, 5) is 21.3. The molecule has 0 aromatic heterocycles. The molecule has 0 saturated carbocycles. The Morgan fingerprint density at radius 2 is 2.45 bits per heavy atom. The topological polar surface area (TPSA) is 46.2 Å². The highest BCUT2D eigenvalue weighted by Gasteiger charge is 2.30. The van der Waals surface area contributed by atoms with Crippen molar-refractivity contribution in [3.05, 3.63) is 0 Å². The van der Waals surface area contributed by atoms with E-state index in [0.29, 0.717) is 6.42 Å². The van der Waals surface area contributed by atoms with Crippen LogP contribution in [-0.4, -0.2) is 18.2 Å². The third-order valence-corrected chi connectivity index (χ3v) is 2.09. The van der Waals surface area contributed by atoms with Crippen molar-refractivity contribution < 1.29 is 9.59 Å². The van der Waals surface area contributed by atoms with Crippen LogP contribution in [0.2, 0.25) is 0 Å². The summed E-state index contributed by atoms with van der Waals surface area (Å²) >= 11 is 0. The summed E-state index contributed by atoms with van der Waals surface area (Å²) in [6.07, 6.45) is 3.36. The molecular weight excluding hydrogens is 142 g/mol. The van der Waals surface area contributed by atoms with Crippen LogP contribution < -0.4 is 5.32 Å². The lowest BCUT2D eigenvalue weighted by atomic mass is 9.96. The molecule has 0 spiro atoms. The average molecular weight is 155 g/mol. The predicted molar refractivity (Wildman–Crippen MR) is 41.0 cm³/mol. The first kappa shape index (κ1) is 8.24. The number of carbonyl (C=O) groups is 2. The van der Waals surface area contributed by atoms with Crippen LogP contribution in [0.4, 0.5) is 0 Å². The second-order valence-corrected chi connectivity index (χ2v) is 2.98. The molecule has 0 aliphatic carbocycles. The number of amides is 1. The molecule has 0 aromatic rings. The van der Waals surface area contributed by atoms with E-state index in [4.69, 9.17) is 0 Å². The molecule has 1 rings (SSSR count). The van der Waals surface area contributed by atoms with Gasteiger partial charge in [-0.2, -0.15) is 0 Å². The van der Waals surface area contributed by atoms with Crippen LogP contribution in [0, 0.1) is 5.92 Å². The molecule has 0 radical (unpaired) electrons. The molecular formula is C8H13NO2. The summed E-state index contributed by atoms with van der Waals surface area (Å²) < 4.78 is 0. The lowest BCUT2D eigenvalue weighted by molar-refractivity contribution is -0.120. The first-order valence-corrected chi connectivity index (χ1v) is 4.02. The van der Waals surface area contributed by atoms with E-state index >= 15 is 0 Å². The van der Waals surface area contributed by atoms with Gasteiger partial charge in [-0.1, -0.05) is 13.3 Å². The van der Waals surface area contributed by atoms with Crippen molar-refractivity contribution in [2.24, 2.45) is 5.92 Å². The van der Waals surface area contributed by atoms with Crippen LogP contribution in [0.15, 0.2) is 0 Å². The molecule has 11 heavy (non-hydrogen) atoms. The fraction of sp³-hybridized carbons (Fsp3) is 0.750. The molecule has 62 valence electrons. The van der Waals surface area contributed by atoms with Gasteiger partial charge in [-0.15, -0.1) is 0 Å². The second-order valence-electron chi connectivity index (χ2n) is 2.98. The fourth-order valence-electron chi connectivity index (χ4n) is 1.53. The van der Waals surface area contributed by atoms with Gasteiger partial charge in [0.05, 0.1) is 6.04 Å². The molecule has 0 bridgehead atoms.